The molecule has 1 saturated carbocycles. The third kappa shape index (κ3) is 2.39. The molecular formula is C13H11ClN2O. The van der Waals surface area contributed by atoms with E-state index in [1.54, 1.807) is 6.20 Å². The highest BCUT2D eigenvalue weighted by molar-refractivity contribution is 6.32. The Kier molecular flexibility index (Phi) is 2.69. The van der Waals surface area contributed by atoms with Crippen molar-refractivity contribution in [1.82, 2.24) is 9.97 Å². The molecule has 0 spiro atoms. The van der Waals surface area contributed by atoms with Gasteiger partial charge in [-0.2, -0.15) is 0 Å². The minimum atomic E-state index is 0.395. The molecule has 3 nitrogen and oxygen atoms in total. The van der Waals surface area contributed by atoms with Crippen LogP contribution < -0.4 is 4.74 Å². The van der Waals surface area contributed by atoms with E-state index in [1.807, 2.05) is 24.3 Å². The van der Waals surface area contributed by atoms with Crippen LogP contribution in [0.3, 0.4) is 0 Å². The van der Waals surface area contributed by atoms with Crippen LogP contribution in [-0.2, 0) is 0 Å². The minimum absolute atomic E-state index is 0.395. The third-order valence-corrected chi connectivity index (χ3v) is 2.88. The predicted molar refractivity (Wildman–Crippen MR) is 66.1 cm³/mol. The van der Waals surface area contributed by atoms with Crippen LogP contribution in [0, 0.1) is 0 Å². The van der Waals surface area contributed by atoms with Gasteiger partial charge in [-0.3, -0.25) is 0 Å². The summed E-state index contributed by atoms with van der Waals surface area (Å²) in [6.07, 6.45) is 5.79. The van der Waals surface area contributed by atoms with Gasteiger partial charge in [-0.1, -0.05) is 23.7 Å². The number of halogens is 1. The van der Waals surface area contributed by atoms with Gasteiger partial charge in [0.1, 0.15) is 12.1 Å². The molecule has 0 aliphatic heterocycles. The van der Waals surface area contributed by atoms with E-state index in [1.165, 1.54) is 6.33 Å². The minimum Gasteiger partial charge on any atom is -0.490 e. The fourth-order valence-corrected chi connectivity index (χ4v) is 1.83. The van der Waals surface area contributed by atoms with Crippen molar-refractivity contribution >= 4 is 11.6 Å². The molecule has 1 aromatic heterocycles. The molecule has 0 N–H and O–H groups in total. The van der Waals surface area contributed by atoms with E-state index in [4.69, 9.17) is 16.3 Å². The molecule has 1 aliphatic carbocycles. The highest BCUT2D eigenvalue weighted by atomic mass is 35.5. The van der Waals surface area contributed by atoms with Crippen LogP contribution in [0.5, 0.6) is 5.75 Å². The van der Waals surface area contributed by atoms with Crippen LogP contribution in [0.15, 0.2) is 36.8 Å². The molecule has 0 bridgehead atoms. The number of hydrogen-bond acceptors (Lipinski definition) is 3. The van der Waals surface area contributed by atoms with E-state index >= 15 is 0 Å². The SMILES string of the molecule is Clc1cncnc1-c1cccc(OC2CC2)c1. The Bertz CT molecular complexity index is 540. The zero-order valence-electron chi connectivity index (χ0n) is 9.14. The van der Waals surface area contributed by atoms with Gasteiger partial charge in [0.25, 0.3) is 0 Å². The molecule has 1 heterocycles. The quantitative estimate of drug-likeness (QED) is 0.833. The molecule has 0 amide bonds. The molecule has 4 heteroatoms. The molecule has 0 radical (unpaired) electrons. The second-order valence-electron chi connectivity index (χ2n) is 4.06. The normalized spacial score (nSPS) is 14.6. The van der Waals surface area contributed by atoms with Gasteiger partial charge in [-0.05, 0) is 25.0 Å². The van der Waals surface area contributed by atoms with Gasteiger partial charge in [-0.25, -0.2) is 9.97 Å². The molecule has 17 heavy (non-hydrogen) atoms. The zero-order valence-corrected chi connectivity index (χ0v) is 9.89. The molecule has 2 aromatic rings. The number of nitrogens with zero attached hydrogens (tertiary/aromatic N) is 2. The van der Waals surface area contributed by atoms with Gasteiger partial charge in [0.2, 0.25) is 0 Å². The summed E-state index contributed by atoms with van der Waals surface area (Å²) in [5, 5.41) is 0.552. The largest absolute Gasteiger partial charge is 0.490 e. The van der Waals surface area contributed by atoms with Gasteiger partial charge in [0, 0.05) is 11.8 Å². The lowest BCUT2D eigenvalue weighted by molar-refractivity contribution is 0.303. The maximum atomic E-state index is 6.06. The molecule has 3 rings (SSSR count). The van der Waals surface area contributed by atoms with E-state index in [9.17, 15) is 0 Å². The van der Waals surface area contributed by atoms with Crippen molar-refractivity contribution in [3.63, 3.8) is 0 Å². The van der Waals surface area contributed by atoms with Crippen LogP contribution in [0.25, 0.3) is 11.3 Å². The van der Waals surface area contributed by atoms with Gasteiger partial charge in [-0.15, -0.1) is 0 Å². The van der Waals surface area contributed by atoms with Crippen molar-refractivity contribution < 1.29 is 4.74 Å². The summed E-state index contributed by atoms with van der Waals surface area (Å²) in [4.78, 5) is 8.06. The van der Waals surface area contributed by atoms with Crippen LogP contribution >= 0.6 is 11.6 Å². The highest BCUT2D eigenvalue weighted by Crippen LogP contribution is 2.31. The number of rotatable bonds is 3. The first-order valence-electron chi connectivity index (χ1n) is 5.55. The van der Waals surface area contributed by atoms with Gasteiger partial charge in [0.05, 0.1) is 16.8 Å². The molecule has 0 atom stereocenters. The second kappa shape index (κ2) is 4.34. The number of benzene rings is 1. The Hall–Kier alpha value is -1.61. The lowest BCUT2D eigenvalue weighted by atomic mass is 10.1. The maximum Gasteiger partial charge on any atom is 0.120 e. The molecule has 1 aliphatic rings. The van der Waals surface area contributed by atoms with E-state index < -0.39 is 0 Å². The van der Waals surface area contributed by atoms with Crippen molar-refractivity contribution in [3.8, 4) is 17.0 Å². The summed E-state index contributed by atoms with van der Waals surface area (Å²) in [5.74, 6) is 0.875. The topological polar surface area (TPSA) is 35.0 Å². The number of hydrogen-bond donors (Lipinski definition) is 0. The lowest BCUT2D eigenvalue weighted by Gasteiger charge is -2.07. The summed E-state index contributed by atoms with van der Waals surface area (Å²) < 4.78 is 5.74. The van der Waals surface area contributed by atoms with Crippen molar-refractivity contribution in [2.24, 2.45) is 0 Å². The van der Waals surface area contributed by atoms with Gasteiger partial charge < -0.3 is 4.74 Å². The molecule has 0 unspecified atom stereocenters. The standard InChI is InChI=1S/C13H11ClN2O/c14-12-7-15-8-16-13(12)9-2-1-3-11(6-9)17-10-4-5-10/h1-3,6-8,10H,4-5H2. The Balaban J connectivity index is 1.94. The smallest absolute Gasteiger partial charge is 0.120 e. The maximum absolute atomic E-state index is 6.06. The number of aromatic nitrogens is 2. The summed E-state index contributed by atoms with van der Waals surface area (Å²) in [6.45, 7) is 0. The Morgan fingerprint density at radius 3 is 2.94 bits per heavy atom. The van der Waals surface area contributed by atoms with Crippen LogP contribution in [-0.4, -0.2) is 16.1 Å². The van der Waals surface area contributed by atoms with E-state index in [2.05, 4.69) is 9.97 Å². The average Bonchev–Trinajstić information content (AvgIpc) is 3.14. The lowest BCUT2D eigenvalue weighted by Crippen LogP contribution is -1.96. The Morgan fingerprint density at radius 1 is 1.29 bits per heavy atom. The molecule has 1 fully saturated rings. The summed E-state index contributed by atoms with van der Waals surface area (Å²) in [6, 6.07) is 7.84. The Morgan fingerprint density at radius 2 is 2.18 bits per heavy atom. The van der Waals surface area contributed by atoms with Crippen molar-refractivity contribution in [3.05, 3.63) is 41.8 Å². The van der Waals surface area contributed by atoms with E-state index in [0.717, 1.165) is 29.8 Å². The summed E-state index contributed by atoms with van der Waals surface area (Å²) >= 11 is 6.06. The molecular weight excluding hydrogens is 236 g/mol. The van der Waals surface area contributed by atoms with Gasteiger partial charge >= 0.3 is 0 Å². The Labute approximate surface area is 104 Å². The van der Waals surface area contributed by atoms with Crippen LogP contribution in [0.4, 0.5) is 0 Å². The third-order valence-electron chi connectivity index (χ3n) is 2.60. The highest BCUT2D eigenvalue weighted by Gasteiger charge is 2.23. The fraction of sp³-hybridized carbons (Fsp3) is 0.231. The number of ether oxygens (including phenoxy) is 1. The average molecular weight is 247 g/mol. The van der Waals surface area contributed by atoms with Crippen LogP contribution in [0.1, 0.15) is 12.8 Å². The molecule has 1 aromatic carbocycles. The van der Waals surface area contributed by atoms with Gasteiger partial charge in [0.15, 0.2) is 0 Å². The molecule has 86 valence electrons. The summed E-state index contributed by atoms with van der Waals surface area (Å²) in [5.41, 5.74) is 1.69. The first-order chi connectivity index (χ1) is 8.33. The zero-order chi connectivity index (χ0) is 11.7. The van der Waals surface area contributed by atoms with E-state index in [0.29, 0.717) is 11.1 Å². The molecule has 0 saturated heterocycles. The van der Waals surface area contributed by atoms with E-state index in [-0.39, 0.29) is 0 Å². The van der Waals surface area contributed by atoms with Crippen molar-refractivity contribution in [2.45, 2.75) is 18.9 Å². The van der Waals surface area contributed by atoms with Crippen molar-refractivity contribution in [2.75, 3.05) is 0 Å². The second-order valence-corrected chi connectivity index (χ2v) is 4.47. The summed E-state index contributed by atoms with van der Waals surface area (Å²) in [7, 11) is 0. The van der Waals surface area contributed by atoms with Crippen molar-refractivity contribution in [1.29, 1.82) is 0 Å². The predicted octanol–water partition coefficient (Wildman–Crippen LogP) is 3.34. The fourth-order valence-electron chi connectivity index (χ4n) is 1.62. The first kappa shape index (κ1) is 10.5. The first-order valence-corrected chi connectivity index (χ1v) is 5.93. The monoisotopic (exact) mass is 246 g/mol. The van der Waals surface area contributed by atoms with Crippen LogP contribution in [0.2, 0.25) is 5.02 Å².